The minimum absolute atomic E-state index is 0.490. The van der Waals surface area contributed by atoms with Crippen LogP contribution in [0.2, 0.25) is 0 Å². The van der Waals surface area contributed by atoms with Gasteiger partial charge >= 0.3 is 0 Å². The molecule has 5 rings (SSSR count). The molecule has 3 aromatic heterocycles. The van der Waals surface area contributed by atoms with Gasteiger partial charge in [0.1, 0.15) is 5.82 Å². The van der Waals surface area contributed by atoms with Gasteiger partial charge in [0.05, 0.1) is 11.7 Å². The standard InChI is InChI=1S/C21H24N6/c1-15-12-24-13-17-18(15)20(26-19(25-17)16-2-7-22-8-3-16)27-10-5-21(6-11-27)4-9-23-14-21/h2-3,7-8,12-13,23H,4-6,9-11,14H2,1H3. The summed E-state index contributed by atoms with van der Waals surface area (Å²) in [7, 11) is 0. The van der Waals surface area contributed by atoms with Crippen LogP contribution in [0.15, 0.2) is 36.9 Å². The number of piperidine rings is 1. The molecule has 0 unspecified atom stereocenters. The number of aromatic nitrogens is 4. The molecule has 0 aliphatic carbocycles. The Morgan fingerprint density at radius 3 is 2.56 bits per heavy atom. The van der Waals surface area contributed by atoms with E-state index in [9.17, 15) is 0 Å². The Kier molecular flexibility index (Phi) is 4.01. The third kappa shape index (κ3) is 2.94. The average Bonchev–Trinajstić information content (AvgIpc) is 3.17. The third-order valence-corrected chi connectivity index (χ3v) is 6.17. The number of nitrogens with zero attached hydrogens (tertiary/aromatic N) is 5. The predicted octanol–water partition coefficient (Wildman–Crippen LogP) is 2.98. The summed E-state index contributed by atoms with van der Waals surface area (Å²) in [4.78, 5) is 20.7. The molecule has 1 N–H and O–H groups in total. The molecule has 1 spiro atoms. The number of hydrogen-bond donors (Lipinski definition) is 1. The molecule has 2 fully saturated rings. The Bertz CT molecular complexity index is 955. The minimum atomic E-state index is 0.490. The van der Waals surface area contributed by atoms with Gasteiger partial charge in [-0.2, -0.15) is 0 Å². The van der Waals surface area contributed by atoms with Crippen molar-refractivity contribution >= 4 is 16.7 Å². The molecular formula is C21H24N6. The fraction of sp³-hybridized carbons (Fsp3) is 0.429. The molecule has 5 heterocycles. The zero-order chi connectivity index (χ0) is 18.3. The second-order valence-corrected chi connectivity index (χ2v) is 7.87. The number of rotatable bonds is 2. The van der Waals surface area contributed by atoms with Crippen LogP contribution in [0.25, 0.3) is 22.3 Å². The van der Waals surface area contributed by atoms with Gasteiger partial charge < -0.3 is 10.2 Å². The first-order valence-electron chi connectivity index (χ1n) is 9.73. The summed E-state index contributed by atoms with van der Waals surface area (Å²) in [6.07, 6.45) is 11.1. The van der Waals surface area contributed by atoms with E-state index in [2.05, 4.69) is 27.1 Å². The SMILES string of the molecule is Cc1cncc2nc(-c3ccncc3)nc(N3CCC4(CCNC4)CC3)c12. The topological polar surface area (TPSA) is 66.8 Å². The van der Waals surface area contributed by atoms with E-state index in [1.807, 2.05) is 24.5 Å². The van der Waals surface area contributed by atoms with E-state index in [4.69, 9.17) is 9.97 Å². The second kappa shape index (κ2) is 6.53. The van der Waals surface area contributed by atoms with Gasteiger partial charge in [-0.25, -0.2) is 9.97 Å². The summed E-state index contributed by atoms with van der Waals surface area (Å²) >= 11 is 0. The van der Waals surface area contributed by atoms with Crippen molar-refractivity contribution in [2.24, 2.45) is 5.41 Å². The molecule has 2 aliphatic heterocycles. The zero-order valence-corrected chi connectivity index (χ0v) is 15.6. The highest BCUT2D eigenvalue weighted by atomic mass is 15.2. The van der Waals surface area contributed by atoms with Crippen molar-refractivity contribution in [1.29, 1.82) is 0 Å². The second-order valence-electron chi connectivity index (χ2n) is 7.87. The van der Waals surface area contributed by atoms with Crippen molar-refractivity contribution in [3.05, 3.63) is 42.5 Å². The molecular weight excluding hydrogens is 336 g/mol. The van der Waals surface area contributed by atoms with Gasteiger partial charge in [-0.05, 0) is 55.8 Å². The summed E-state index contributed by atoms with van der Waals surface area (Å²) in [5, 5.41) is 4.68. The number of aryl methyl sites for hydroxylation is 1. The highest BCUT2D eigenvalue weighted by Gasteiger charge is 2.37. The molecule has 0 saturated carbocycles. The maximum Gasteiger partial charge on any atom is 0.162 e. The lowest BCUT2D eigenvalue weighted by molar-refractivity contribution is 0.247. The molecule has 0 bridgehead atoms. The van der Waals surface area contributed by atoms with Gasteiger partial charge in [-0.3, -0.25) is 9.97 Å². The molecule has 2 aliphatic rings. The van der Waals surface area contributed by atoms with Crippen molar-refractivity contribution in [2.75, 3.05) is 31.1 Å². The Labute approximate surface area is 159 Å². The lowest BCUT2D eigenvalue weighted by Crippen LogP contribution is -2.41. The maximum atomic E-state index is 5.01. The highest BCUT2D eigenvalue weighted by molar-refractivity contribution is 5.93. The molecule has 0 amide bonds. The van der Waals surface area contributed by atoms with Crippen molar-refractivity contribution in [1.82, 2.24) is 25.3 Å². The van der Waals surface area contributed by atoms with Gasteiger partial charge in [0.25, 0.3) is 0 Å². The quantitative estimate of drug-likeness (QED) is 0.758. The summed E-state index contributed by atoms with van der Waals surface area (Å²) < 4.78 is 0. The monoisotopic (exact) mass is 360 g/mol. The number of nitrogens with one attached hydrogen (secondary N) is 1. The van der Waals surface area contributed by atoms with Crippen LogP contribution in [0.1, 0.15) is 24.8 Å². The fourth-order valence-corrected chi connectivity index (χ4v) is 4.50. The van der Waals surface area contributed by atoms with Crippen molar-refractivity contribution in [3.8, 4) is 11.4 Å². The van der Waals surface area contributed by atoms with Crippen LogP contribution in [0.3, 0.4) is 0 Å². The summed E-state index contributed by atoms with van der Waals surface area (Å²) in [5.41, 5.74) is 3.52. The van der Waals surface area contributed by atoms with Gasteiger partial charge in [-0.15, -0.1) is 0 Å². The van der Waals surface area contributed by atoms with Crippen LogP contribution in [-0.4, -0.2) is 46.1 Å². The van der Waals surface area contributed by atoms with Crippen LogP contribution < -0.4 is 10.2 Å². The molecule has 0 atom stereocenters. The number of pyridine rings is 2. The van der Waals surface area contributed by atoms with Gasteiger partial charge in [-0.1, -0.05) is 0 Å². The largest absolute Gasteiger partial charge is 0.356 e. The lowest BCUT2D eigenvalue weighted by Gasteiger charge is -2.39. The van der Waals surface area contributed by atoms with E-state index >= 15 is 0 Å². The van der Waals surface area contributed by atoms with Crippen LogP contribution in [0, 0.1) is 12.3 Å². The van der Waals surface area contributed by atoms with E-state index in [1.165, 1.54) is 19.3 Å². The van der Waals surface area contributed by atoms with Crippen LogP contribution in [-0.2, 0) is 0 Å². The smallest absolute Gasteiger partial charge is 0.162 e. The lowest BCUT2D eigenvalue weighted by atomic mass is 9.78. The van der Waals surface area contributed by atoms with Crippen LogP contribution in [0.4, 0.5) is 5.82 Å². The molecule has 3 aromatic rings. The van der Waals surface area contributed by atoms with E-state index in [0.717, 1.165) is 59.9 Å². The number of anilines is 1. The van der Waals surface area contributed by atoms with Crippen molar-refractivity contribution < 1.29 is 0 Å². The first kappa shape index (κ1) is 16.6. The Morgan fingerprint density at radius 2 is 1.81 bits per heavy atom. The normalized spacial score (nSPS) is 19.1. The Morgan fingerprint density at radius 1 is 1.00 bits per heavy atom. The van der Waals surface area contributed by atoms with E-state index in [0.29, 0.717) is 5.41 Å². The summed E-state index contributed by atoms with van der Waals surface area (Å²) in [6, 6.07) is 3.92. The van der Waals surface area contributed by atoms with Gasteiger partial charge in [0.2, 0.25) is 0 Å². The fourth-order valence-electron chi connectivity index (χ4n) is 4.50. The molecule has 0 radical (unpaired) electrons. The average molecular weight is 360 g/mol. The Hall–Kier alpha value is -2.60. The highest BCUT2D eigenvalue weighted by Crippen LogP contribution is 2.39. The Balaban J connectivity index is 1.58. The first-order valence-corrected chi connectivity index (χ1v) is 9.73. The van der Waals surface area contributed by atoms with E-state index in [1.54, 1.807) is 12.4 Å². The molecule has 138 valence electrons. The first-order chi connectivity index (χ1) is 13.2. The van der Waals surface area contributed by atoms with E-state index < -0.39 is 0 Å². The third-order valence-electron chi connectivity index (χ3n) is 6.17. The maximum absolute atomic E-state index is 5.01. The van der Waals surface area contributed by atoms with Crippen molar-refractivity contribution in [2.45, 2.75) is 26.2 Å². The van der Waals surface area contributed by atoms with Crippen LogP contribution in [0.5, 0.6) is 0 Å². The molecule has 6 nitrogen and oxygen atoms in total. The van der Waals surface area contributed by atoms with E-state index in [-0.39, 0.29) is 0 Å². The minimum Gasteiger partial charge on any atom is -0.356 e. The predicted molar refractivity (Wildman–Crippen MR) is 107 cm³/mol. The number of fused-ring (bicyclic) bond motifs is 1. The molecule has 27 heavy (non-hydrogen) atoms. The zero-order valence-electron chi connectivity index (χ0n) is 15.6. The molecule has 2 saturated heterocycles. The summed E-state index contributed by atoms with van der Waals surface area (Å²) in [6.45, 7) is 6.52. The molecule has 6 heteroatoms. The van der Waals surface area contributed by atoms with Gasteiger partial charge in [0.15, 0.2) is 5.82 Å². The summed E-state index contributed by atoms with van der Waals surface area (Å²) in [5.74, 6) is 1.79. The molecule has 0 aromatic carbocycles. The van der Waals surface area contributed by atoms with Gasteiger partial charge in [0, 0.05) is 49.2 Å². The van der Waals surface area contributed by atoms with Crippen molar-refractivity contribution in [3.63, 3.8) is 0 Å². The number of hydrogen-bond acceptors (Lipinski definition) is 6. The van der Waals surface area contributed by atoms with Crippen LogP contribution >= 0.6 is 0 Å².